The predicted molar refractivity (Wildman–Crippen MR) is 101 cm³/mol. The first kappa shape index (κ1) is 19.9. The van der Waals surface area contributed by atoms with Gasteiger partial charge in [0.25, 0.3) is 0 Å². The highest BCUT2D eigenvalue weighted by atomic mass is 19.1. The molecule has 0 radical (unpaired) electrons. The van der Waals surface area contributed by atoms with Crippen molar-refractivity contribution >= 4 is 16.8 Å². The zero-order valence-corrected chi connectivity index (χ0v) is 15.6. The minimum absolute atomic E-state index is 0.0582. The molecule has 0 saturated carbocycles. The molecule has 0 spiro atoms. The number of nitrogens with one attached hydrogen (secondary N) is 2. The van der Waals surface area contributed by atoms with E-state index in [1.165, 1.54) is 30.3 Å². The molecule has 0 atom stereocenters. The van der Waals surface area contributed by atoms with E-state index in [1.807, 2.05) is 0 Å². The summed E-state index contributed by atoms with van der Waals surface area (Å²) in [5, 5.41) is 12.3. The van der Waals surface area contributed by atoms with Crippen molar-refractivity contribution in [2.75, 3.05) is 6.61 Å². The fourth-order valence-corrected chi connectivity index (χ4v) is 3.11. The summed E-state index contributed by atoms with van der Waals surface area (Å²) in [6.07, 6.45) is 0.269. The van der Waals surface area contributed by atoms with Crippen LogP contribution in [0.4, 0.5) is 13.2 Å². The number of aromatic amines is 1. The number of halogens is 3. The van der Waals surface area contributed by atoms with Crippen LogP contribution in [-0.2, 0) is 11.2 Å². The summed E-state index contributed by atoms with van der Waals surface area (Å²) < 4.78 is 41.3. The third-order valence-corrected chi connectivity index (χ3v) is 4.54. The Bertz CT molecular complexity index is 1010. The van der Waals surface area contributed by atoms with E-state index in [2.05, 4.69) is 10.3 Å². The van der Waals surface area contributed by atoms with E-state index >= 15 is 0 Å². The third kappa shape index (κ3) is 4.20. The summed E-state index contributed by atoms with van der Waals surface area (Å²) >= 11 is 0. The van der Waals surface area contributed by atoms with Crippen LogP contribution in [0.3, 0.4) is 0 Å². The number of amides is 1. The molecule has 0 aliphatic carbocycles. The molecule has 0 saturated heterocycles. The van der Waals surface area contributed by atoms with Crippen LogP contribution in [0.5, 0.6) is 0 Å². The molecule has 0 fully saturated rings. The number of benzene rings is 2. The Morgan fingerprint density at radius 3 is 2.43 bits per heavy atom. The minimum Gasteiger partial charge on any atom is -0.394 e. The second-order valence-corrected chi connectivity index (χ2v) is 7.39. The molecule has 1 amide bonds. The van der Waals surface area contributed by atoms with Gasteiger partial charge in [0, 0.05) is 23.6 Å². The fourth-order valence-electron chi connectivity index (χ4n) is 3.11. The van der Waals surface area contributed by atoms with Crippen molar-refractivity contribution in [3.63, 3.8) is 0 Å². The van der Waals surface area contributed by atoms with Gasteiger partial charge in [-0.05, 0) is 61.7 Å². The minimum atomic E-state index is -0.769. The number of carbonyl (C=O) groups is 1. The number of hydrogen-bond acceptors (Lipinski definition) is 2. The van der Waals surface area contributed by atoms with Crippen molar-refractivity contribution in [3.8, 4) is 11.3 Å². The predicted octanol–water partition coefficient (Wildman–Crippen LogP) is 4.07. The number of aliphatic hydroxyl groups excluding tert-OH is 1. The molecule has 3 rings (SSSR count). The highest BCUT2D eigenvalue weighted by Crippen LogP contribution is 2.33. The number of carbonyl (C=O) groups excluding carboxylic acids is 1. The van der Waals surface area contributed by atoms with Gasteiger partial charge in [-0.15, -0.1) is 0 Å². The van der Waals surface area contributed by atoms with Crippen LogP contribution in [0.15, 0.2) is 36.4 Å². The summed E-state index contributed by atoms with van der Waals surface area (Å²) in [6, 6.07) is 7.62. The zero-order valence-electron chi connectivity index (χ0n) is 15.6. The van der Waals surface area contributed by atoms with Gasteiger partial charge in [-0.1, -0.05) is 0 Å². The van der Waals surface area contributed by atoms with Crippen LogP contribution in [0, 0.1) is 17.5 Å². The van der Waals surface area contributed by atoms with Crippen molar-refractivity contribution in [3.05, 3.63) is 59.4 Å². The molecular weight excluding hydrogens is 369 g/mol. The quantitative estimate of drug-likeness (QED) is 0.594. The van der Waals surface area contributed by atoms with Crippen molar-refractivity contribution in [1.29, 1.82) is 0 Å². The average Bonchev–Trinajstić information content (AvgIpc) is 2.99. The highest BCUT2D eigenvalue weighted by Gasteiger charge is 2.21. The van der Waals surface area contributed by atoms with Crippen molar-refractivity contribution in [1.82, 2.24) is 10.3 Å². The first-order chi connectivity index (χ1) is 13.2. The number of rotatable bonds is 6. The van der Waals surface area contributed by atoms with Gasteiger partial charge < -0.3 is 15.4 Å². The summed E-state index contributed by atoms with van der Waals surface area (Å²) in [5.41, 5.74) is 1.04. The lowest BCUT2D eigenvalue weighted by Crippen LogP contribution is -2.46. The Hall–Kier alpha value is -2.80. The highest BCUT2D eigenvalue weighted by molar-refractivity contribution is 5.92. The normalized spacial score (nSPS) is 11.8. The van der Waals surface area contributed by atoms with Gasteiger partial charge in [-0.25, -0.2) is 13.2 Å². The standard InChI is InChI=1S/C21H21F3N2O2/c1-21(2,11-27)26-18(28)8-7-15-16-9-14(23)10-17(24)20(16)25-19(15)12-3-5-13(22)6-4-12/h3-6,9-10,25,27H,7-8,11H2,1-2H3,(H,26,28). The topological polar surface area (TPSA) is 65.1 Å². The van der Waals surface area contributed by atoms with E-state index < -0.39 is 23.0 Å². The van der Waals surface area contributed by atoms with Crippen LogP contribution >= 0.6 is 0 Å². The van der Waals surface area contributed by atoms with Crippen molar-refractivity contribution in [2.24, 2.45) is 0 Å². The van der Waals surface area contributed by atoms with Crippen LogP contribution in [-0.4, -0.2) is 28.1 Å². The lowest BCUT2D eigenvalue weighted by Gasteiger charge is -2.23. The summed E-state index contributed by atoms with van der Waals surface area (Å²) in [4.78, 5) is 15.2. The number of aryl methyl sites for hydroxylation is 1. The van der Waals surface area contributed by atoms with E-state index in [0.717, 1.165) is 6.07 Å². The third-order valence-electron chi connectivity index (χ3n) is 4.54. The molecule has 0 bridgehead atoms. The number of aromatic nitrogens is 1. The molecule has 0 aliphatic rings. The summed E-state index contributed by atoms with van der Waals surface area (Å²) in [6.45, 7) is 3.15. The van der Waals surface area contributed by atoms with Gasteiger partial charge >= 0.3 is 0 Å². The number of fused-ring (bicyclic) bond motifs is 1. The van der Waals surface area contributed by atoms with Crippen molar-refractivity contribution < 1.29 is 23.1 Å². The van der Waals surface area contributed by atoms with Crippen molar-refractivity contribution in [2.45, 2.75) is 32.2 Å². The number of aliphatic hydroxyl groups is 1. The average molecular weight is 390 g/mol. The second-order valence-electron chi connectivity index (χ2n) is 7.39. The van der Waals surface area contributed by atoms with E-state index in [1.54, 1.807) is 13.8 Å². The lowest BCUT2D eigenvalue weighted by molar-refractivity contribution is -0.123. The fraction of sp³-hybridized carbons (Fsp3) is 0.286. The van der Waals surface area contributed by atoms with Gasteiger partial charge in [0.1, 0.15) is 17.5 Å². The second kappa shape index (κ2) is 7.67. The molecule has 28 heavy (non-hydrogen) atoms. The lowest BCUT2D eigenvalue weighted by atomic mass is 10.00. The van der Waals surface area contributed by atoms with Gasteiger partial charge in [-0.2, -0.15) is 0 Å². The van der Waals surface area contributed by atoms with E-state index in [0.29, 0.717) is 22.2 Å². The first-order valence-electron chi connectivity index (χ1n) is 8.87. The summed E-state index contributed by atoms with van der Waals surface area (Å²) in [7, 11) is 0. The zero-order chi connectivity index (χ0) is 20.5. The molecule has 4 nitrogen and oxygen atoms in total. The van der Waals surface area contributed by atoms with E-state index in [-0.39, 0.29) is 30.9 Å². The van der Waals surface area contributed by atoms with Crippen LogP contribution in [0.1, 0.15) is 25.8 Å². The number of H-pyrrole nitrogens is 1. The van der Waals surface area contributed by atoms with Crippen LogP contribution in [0.2, 0.25) is 0 Å². The smallest absolute Gasteiger partial charge is 0.220 e. The Morgan fingerprint density at radius 1 is 1.11 bits per heavy atom. The Kier molecular flexibility index (Phi) is 5.47. The molecule has 7 heteroatoms. The maximum atomic E-state index is 14.2. The maximum absolute atomic E-state index is 14.2. The first-order valence-corrected chi connectivity index (χ1v) is 8.87. The Balaban J connectivity index is 2.00. The van der Waals surface area contributed by atoms with Gasteiger partial charge in [0.15, 0.2) is 0 Å². The molecule has 3 aromatic rings. The number of hydrogen-bond donors (Lipinski definition) is 3. The van der Waals surface area contributed by atoms with Gasteiger partial charge in [0.05, 0.1) is 17.7 Å². The monoisotopic (exact) mass is 390 g/mol. The van der Waals surface area contributed by atoms with Crippen LogP contribution < -0.4 is 5.32 Å². The Morgan fingerprint density at radius 2 is 1.79 bits per heavy atom. The maximum Gasteiger partial charge on any atom is 0.220 e. The van der Waals surface area contributed by atoms with E-state index in [9.17, 15) is 23.1 Å². The Labute approximate surface area is 160 Å². The molecule has 3 N–H and O–H groups in total. The molecular formula is C21H21F3N2O2. The molecule has 148 valence electrons. The molecule has 0 aliphatic heterocycles. The SMILES string of the molecule is CC(C)(CO)NC(=O)CCc1c(-c2ccc(F)cc2)[nH]c2c(F)cc(F)cc12. The molecule has 2 aromatic carbocycles. The van der Waals surface area contributed by atoms with Crippen LogP contribution in [0.25, 0.3) is 22.2 Å². The molecule has 0 unspecified atom stereocenters. The largest absolute Gasteiger partial charge is 0.394 e. The molecule has 1 aromatic heterocycles. The van der Waals surface area contributed by atoms with E-state index in [4.69, 9.17) is 0 Å². The molecule has 1 heterocycles. The van der Waals surface area contributed by atoms with Gasteiger partial charge in [-0.3, -0.25) is 4.79 Å². The summed E-state index contributed by atoms with van der Waals surface area (Å²) in [5.74, 6) is -2.17. The van der Waals surface area contributed by atoms with Gasteiger partial charge in [0.2, 0.25) is 5.91 Å².